The summed E-state index contributed by atoms with van der Waals surface area (Å²) in [7, 11) is 0. The van der Waals surface area contributed by atoms with Gasteiger partial charge in [0.1, 0.15) is 0 Å². The molecule has 3 rings (SSSR count). The van der Waals surface area contributed by atoms with Crippen molar-refractivity contribution in [3.05, 3.63) is 60.6 Å². The highest BCUT2D eigenvalue weighted by molar-refractivity contribution is 5.66. The molecule has 0 fully saturated rings. The van der Waals surface area contributed by atoms with Crippen molar-refractivity contribution in [2.24, 2.45) is 0 Å². The van der Waals surface area contributed by atoms with E-state index in [0.29, 0.717) is 5.56 Å². The van der Waals surface area contributed by atoms with E-state index in [-0.39, 0.29) is 0 Å². The minimum atomic E-state index is 0.666. The van der Waals surface area contributed by atoms with Crippen molar-refractivity contribution in [1.29, 1.82) is 5.26 Å². The average Bonchev–Trinajstić information content (AvgIpc) is 2.87. The number of hydrogen-bond acceptors (Lipinski definition) is 2. The summed E-state index contributed by atoms with van der Waals surface area (Å²) in [6.07, 6.45) is 3.60. The summed E-state index contributed by atoms with van der Waals surface area (Å²) in [5, 5.41) is 8.91. The van der Waals surface area contributed by atoms with Crippen LogP contribution in [0.3, 0.4) is 0 Å². The number of fused-ring (bicyclic) bond motifs is 1. The van der Waals surface area contributed by atoms with E-state index >= 15 is 0 Å². The van der Waals surface area contributed by atoms with Gasteiger partial charge in [-0.05, 0) is 29.8 Å². The van der Waals surface area contributed by atoms with Crippen LogP contribution in [0.2, 0.25) is 0 Å². The highest BCUT2D eigenvalue weighted by Gasteiger charge is 2.03. The molecule has 0 N–H and O–H groups in total. The van der Waals surface area contributed by atoms with E-state index in [1.54, 1.807) is 12.4 Å². The molecular formula is C14H9N3. The number of aromatic nitrogens is 2. The summed E-state index contributed by atoms with van der Waals surface area (Å²) >= 11 is 0. The molecule has 0 spiro atoms. The number of nitrogens with zero attached hydrogens (tertiary/aromatic N) is 3. The van der Waals surface area contributed by atoms with Crippen LogP contribution in [0.25, 0.3) is 16.8 Å². The van der Waals surface area contributed by atoms with Gasteiger partial charge < -0.3 is 0 Å². The third-order valence-electron chi connectivity index (χ3n) is 2.74. The maximum absolute atomic E-state index is 8.91. The van der Waals surface area contributed by atoms with E-state index < -0.39 is 0 Å². The molecule has 3 aromatic rings. The second-order valence-corrected chi connectivity index (χ2v) is 3.79. The fourth-order valence-electron chi connectivity index (χ4n) is 1.93. The molecule has 0 amide bonds. The molecule has 0 aliphatic heterocycles. The molecule has 3 heteroatoms. The molecule has 0 aliphatic carbocycles. The van der Waals surface area contributed by atoms with Crippen LogP contribution >= 0.6 is 0 Å². The SMILES string of the molecule is N#Cc1cccc(-c2cccc3cncn23)c1. The van der Waals surface area contributed by atoms with Gasteiger partial charge in [0.2, 0.25) is 0 Å². The third kappa shape index (κ3) is 1.56. The van der Waals surface area contributed by atoms with Crippen LogP contribution in [-0.4, -0.2) is 9.38 Å². The lowest BCUT2D eigenvalue weighted by Gasteiger charge is -2.05. The lowest BCUT2D eigenvalue weighted by molar-refractivity contribution is 1.16. The van der Waals surface area contributed by atoms with Crippen molar-refractivity contribution >= 4 is 5.52 Å². The molecule has 2 heterocycles. The lowest BCUT2D eigenvalue weighted by Crippen LogP contribution is -1.90. The first kappa shape index (κ1) is 9.61. The van der Waals surface area contributed by atoms with Gasteiger partial charge >= 0.3 is 0 Å². The average molecular weight is 219 g/mol. The molecule has 0 radical (unpaired) electrons. The second-order valence-electron chi connectivity index (χ2n) is 3.79. The molecule has 0 unspecified atom stereocenters. The van der Waals surface area contributed by atoms with Crippen LogP contribution < -0.4 is 0 Å². The molecule has 0 bridgehead atoms. The summed E-state index contributed by atoms with van der Waals surface area (Å²) in [6, 6.07) is 15.7. The van der Waals surface area contributed by atoms with Gasteiger partial charge in [0.25, 0.3) is 0 Å². The Morgan fingerprint density at radius 2 is 2.00 bits per heavy atom. The fourth-order valence-corrected chi connectivity index (χ4v) is 1.93. The number of rotatable bonds is 1. The van der Waals surface area contributed by atoms with E-state index in [1.807, 2.05) is 47.0 Å². The number of nitriles is 1. The van der Waals surface area contributed by atoms with E-state index in [0.717, 1.165) is 16.8 Å². The van der Waals surface area contributed by atoms with Gasteiger partial charge in [-0.15, -0.1) is 0 Å². The van der Waals surface area contributed by atoms with Gasteiger partial charge in [0, 0.05) is 0 Å². The monoisotopic (exact) mass is 219 g/mol. The van der Waals surface area contributed by atoms with Gasteiger partial charge in [-0.3, -0.25) is 4.40 Å². The predicted octanol–water partition coefficient (Wildman–Crippen LogP) is 2.87. The molecule has 1 aromatic carbocycles. The van der Waals surface area contributed by atoms with Crippen molar-refractivity contribution in [1.82, 2.24) is 9.38 Å². The second kappa shape index (κ2) is 3.76. The van der Waals surface area contributed by atoms with Crippen molar-refractivity contribution < 1.29 is 0 Å². The zero-order valence-corrected chi connectivity index (χ0v) is 9.04. The molecule has 2 aromatic heterocycles. The standard InChI is InChI=1S/C14H9N3/c15-8-11-3-1-4-12(7-11)14-6-2-5-13-9-16-10-17(13)14/h1-7,9-10H. The molecule has 0 aliphatic rings. The largest absolute Gasteiger partial charge is 0.299 e. The first-order valence-corrected chi connectivity index (χ1v) is 5.30. The summed E-state index contributed by atoms with van der Waals surface area (Å²) in [5.41, 5.74) is 3.77. The Morgan fingerprint density at radius 3 is 2.88 bits per heavy atom. The van der Waals surface area contributed by atoms with Crippen LogP contribution in [-0.2, 0) is 0 Å². The summed E-state index contributed by atoms with van der Waals surface area (Å²) in [5.74, 6) is 0. The molecule has 3 nitrogen and oxygen atoms in total. The van der Waals surface area contributed by atoms with Crippen LogP contribution in [0.15, 0.2) is 55.0 Å². The van der Waals surface area contributed by atoms with Crippen LogP contribution in [0.4, 0.5) is 0 Å². The highest BCUT2D eigenvalue weighted by Crippen LogP contribution is 2.21. The first-order valence-electron chi connectivity index (χ1n) is 5.30. The zero-order chi connectivity index (χ0) is 11.7. The number of hydrogen-bond donors (Lipinski definition) is 0. The van der Waals surface area contributed by atoms with Crippen molar-refractivity contribution in [3.63, 3.8) is 0 Å². The topological polar surface area (TPSA) is 41.1 Å². The summed E-state index contributed by atoms with van der Waals surface area (Å²) in [6.45, 7) is 0. The lowest BCUT2D eigenvalue weighted by atomic mass is 10.1. The van der Waals surface area contributed by atoms with Crippen LogP contribution in [0.1, 0.15) is 5.56 Å². The third-order valence-corrected chi connectivity index (χ3v) is 2.74. The Kier molecular flexibility index (Phi) is 2.13. The Labute approximate surface area is 98.6 Å². The van der Waals surface area contributed by atoms with Gasteiger partial charge in [-0.25, -0.2) is 4.98 Å². The Morgan fingerprint density at radius 1 is 1.12 bits per heavy atom. The Balaban J connectivity index is 2.27. The summed E-state index contributed by atoms with van der Waals surface area (Å²) < 4.78 is 2.01. The van der Waals surface area contributed by atoms with Gasteiger partial charge in [-0.1, -0.05) is 18.2 Å². The van der Waals surface area contributed by atoms with Crippen LogP contribution in [0.5, 0.6) is 0 Å². The predicted molar refractivity (Wildman–Crippen MR) is 65.3 cm³/mol. The van der Waals surface area contributed by atoms with Gasteiger partial charge in [0.05, 0.1) is 35.4 Å². The molecule has 80 valence electrons. The quantitative estimate of drug-likeness (QED) is 0.631. The Hall–Kier alpha value is -2.60. The van der Waals surface area contributed by atoms with Gasteiger partial charge in [-0.2, -0.15) is 5.26 Å². The number of benzene rings is 1. The molecule has 0 saturated carbocycles. The maximum atomic E-state index is 8.91. The van der Waals surface area contributed by atoms with Crippen LogP contribution in [0, 0.1) is 11.3 Å². The zero-order valence-electron chi connectivity index (χ0n) is 9.04. The Bertz CT molecular complexity index is 719. The molecular weight excluding hydrogens is 210 g/mol. The van der Waals surface area contributed by atoms with Gasteiger partial charge in [0.15, 0.2) is 0 Å². The molecule has 0 atom stereocenters. The minimum Gasteiger partial charge on any atom is -0.299 e. The minimum absolute atomic E-state index is 0.666. The first-order chi connectivity index (χ1) is 8.38. The van der Waals surface area contributed by atoms with Crippen molar-refractivity contribution in [3.8, 4) is 17.3 Å². The fraction of sp³-hybridized carbons (Fsp3) is 0. The van der Waals surface area contributed by atoms with Crippen molar-refractivity contribution in [2.75, 3.05) is 0 Å². The van der Waals surface area contributed by atoms with E-state index in [9.17, 15) is 0 Å². The van der Waals surface area contributed by atoms with Crippen molar-refractivity contribution in [2.45, 2.75) is 0 Å². The van der Waals surface area contributed by atoms with E-state index in [2.05, 4.69) is 11.1 Å². The van der Waals surface area contributed by atoms with E-state index in [4.69, 9.17) is 5.26 Å². The molecule has 17 heavy (non-hydrogen) atoms. The van der Waals surface area contributed by atoms with E-state index in [1.165, 1.54) is 0 Å². The number of pyridine rings is 1. The number of imidazole rings is 1. The maximum Gasteiger partial charge on any atom is 0.0997 e. The summed E-state index contributed by atoms with van der Waals surface area (Å²) in [4.78, 5) is 4.13. The smallest absolute Gasteiger partial charge is 0.0997 e. The normalized spacial score (nSPS) is 10.3. The highest BCUT2D eigenvalue weighted by atomic mass is 15.0. The molecule has 0 saturated heterocycles.